The zero-order chi connectivity index (χ0) is 20.9. The van der Waals surface area contributed by atoms with Gasteiger partial charge in [0.25, 0.3) is 5.69 Å². The normalized spacial score (nSPS) is 11.2. The maximum atomic E-state index is 12.9. The zero-order valence-corrected chi connectivity index (χ0v) is 16.3. The molecule has 0 aliphatic rings. The highest BCUT2D eigenvalue weighted by atomic mass is 35.5. The van der Waals surface area contributed by atoms with Crippen LogP contribution in [0.2, 0.25) is 5.02 Å². The SMILES string of the molecule is CN(Cc1cc([N+](=O)[O-])ccc1Cl)C(=O)CCNS(=O)(=O)c1ccc(F)cc1. The Labute approximate surface area is 166 Å². The van der Waals surface area contributed by atoms with Crippen molar-refractivity contribution in [1.82, 2.24) is 9.62 Å². The fourth-order valence-corrected chi connectivity index (χ4v) is 3.53. The van der Waals surface area contributed by atoms with E-state index in [0.717, 1.165) is 24.3 Å². The third kappa shape index (κ3) is 5.72. The molecule has 150 valence electrons. The molecule has 11 heteroatoms. The van der Waals surface area contributed by atoms with Crippen LogP contribution in [0.4, 0.5) is 10.1 Å². The Morgan fingerprint density at radius 2 is 1.89 bits per heavy atom. The Morgan fingerprint density at radius 1 is 1.25 bits per heavy atom. The molecule has 0 fully saturated rings. The van der Waals surface area contributed by atoms with Crippen LogP contribution < -0.4 is 4.72 Å². The van der Waals surface area contributed by atoms with E-state index in [2.05, 4.69) is 4.72 Å². The maximum Gasteiger partial charge on any atom is 0.269 e. The number of halogens is 2. The van der Waals surface area contributed by atoms with Crippen LogP contribution in [0.25, 0.3) is 0 Å². The summed E-state index contributed by atoms with van der Waals surface area (Å²) in [7, 11) is -2.38. The van der Waals surface area contributed by atoms with Crippen LogP contribution in [0.15, 0.2) is 47.4 Å². The highest BCUT2D eigenvalue weighted by Crippen LogP contribution is 2.23. The number of carbonyl (C=O) groups excluding carboxylic acids is 1. The third-order valence-electron chi connectivity index (χ3n) is 3.83. The number of hydrogen-bond donors (Lipinski definition) is 1. The van der Waals surface area contributed by atoms with E-state index >= 15 is 0 Å². The van der Waals surface area contributed by atoms with E-state index in [0.29, 0.717) is 5.56 Å². The molecule has 1 N–H and O–H groups in total. The predicted octanol–water partition coefficient (Wildman–Crippen LogP) is 2.71. The average molecular weight is 430 g/mol. The van der Waals surface area contributed by atoms with Crippen molar-refractivity contribution in [3.05, 3.63) is 69.0 Å². The largest absolute Gasteiger partial charge is 0.341 e. The predicted molar refractivity (Wildman–Crippen MR) is 101 cm³/mol. The average Bonchev–Trinajstić information content (AvgIpc) is 2.63. The first kappa shape index (κ1) is 21.7. The number of amides is 1. The first-order valence-corrected chi connectivity index (χ1v) is 9.88. The van der Waals surface area contributed by atoms with Gasteiger partial charge in [-0.25, -0.2) is 17.5 Å². The second-order valence-corrected chi connectivity index (χ2v) is 8.06. The third-order valence-corrected chi connectivity index (χ3v) is 5.67. The molecule has 0 spiro atoms. The summed E-state index contributed by atoms with van der Waals surface area (Å²) < 4.78 is 39.3. The van der Waals surface area contributed by atoms with E-state index in [-0.39, 0.29) is 41.0 Å². The van der Waals surface area contributed by atoms with Crippen LogP contribution in [0.3, 0.4) is 0 Å². The van der Waals surface area contributed by atoms with E-state index < -0.39 is 20.8 Å². The molecule has 2 rings (SSSR count). The van der Waals surface area contributed by atoms with E-state index in [1.807, 2.05) is 0 Å². The van der Waals surface area contributed by atoms with Gasteiger partial charge >= 0.3 is 0 Å². The van der Waals surface area contributed by atoms with Gasteiger partial charge in [0.2, 0.25) is 15.9 Å². The summed E-state index contributed by atoms with van der Waals surface area (Å²) in [6.07, 6.45) is -0.135. The highest BCUT2D eigenvalue weighted by molar-refractivity contribution is 7.89. The molecule has 0 saturated carbocycles. The molecule has 28 heavy (non-hydrogen) atoms. The van der Waals surface area contributed by atoms with Crippen LogP contribution in [0.1, 0.15) is 12.0 Å². The van der Waals surface area contributed by atoms with Crippen molar-refractivity contribution < 1.29 is 22.5 Å². The molecule has 2 aromatic carbocycles. The number of carbonyl (C=O) groups is 1. The molecule has 8 nitrogen and oxygen atoms in total. The molecule has 0 unspecified atom stereocenters. The van der Waals surface area contributed by atoms with Gasteiger partial charge in [-0.05, 0) is 35.9 Å². The van der Waals surface area contributed by atoms with Gasteiger partial charge in [0.15, 0.2) is 0 Å². The number of nitro groups is 1. The van der Waals surface area contributed by atoms with Crippen molar-refractivity contribution in [3.63, 3.8) is 0 Å². The Balaban J connectivity index is 1.93. The van der Waals surface area contributed by atoms with Crippen molar-refractivity contribution in [1.29, 1.82) is 0 Å². The van der Waals surface area contributed by atoms with Crippen molar-refractivity contribution >= 4 is 33.2 Å². The quantitative estimate of drug-likeness (QED) is 0.512. The van der Waals surface area contributed by atoms with E-state index in [1.54, 1.807) is 0 Å². The van der Waals surface area contributed by atoms with Crippen LogP contribution in [0.5, 0.6) is 0 Å². The van der Waals surface area contributed by atoms with Crippen LogP contribution in [0, 0.1) is 15.9 Å². The van der Waals surface area contributed by atoms with E-state index in [4.69, 9.17) is 11.6 Å². The molecule has 1 amide bonds. The number of non-ortho nitro benzene ring substituents is 1. The van der Waals surface area contributed by atoms with E-state index in [1.165, 1.54) is 30.1 Å². The van der Waals surface area contributed by atoms with E-state index in [9.17, 15) is 27.7 Å². The van der Waals surface area contributed by atoms with Crippen molar-refractivity contribution in [2.24, 2.45) is 0 Å². The molecular weight excluding hydrogens is 413 g/mol. The number of hydrogen-bond acceptors (Lipinski definition) is 5. The van der Waals surface area contributed by atoms with Gasteiger partial charge in [-0.15, -0.1) is 0 Å². The minimum Gasteiger partial charge on any atom is -0.341 e. The molecule has 0 heterocycles. The second-order valence-electron chi connectivity index (χ2n) is 5.88. The lowest BCUT2D eigenvalue weighted by Crippen LogP contribution is -2.32. The fraction of sp³-hybridized carbons (Fsp3) is 0.235. The number of nitro benzene ring substituents is 1. The van der Waals surface area contributed by atoms with Gasteiger partial charge < -0.3 is 4.90 Å². The van der Waals surface area contributed by atoms with Gasteiger partial charge in [-0.2, -0.15) is 0 Å². The Bertz CT molecular complexity index is 983. The van der Waals surface area contributed by atoms with Gasteiger partial charge in [-0.3, -0.25) is 14.9 Å². The number of rotatable bonds is 8. The number of benzene rings is 2. The molecule has 2 aromatic rings. The van der Waals surface area contributed by atoms with Gasteiger partial charge in [0.05, 0.1) is 9.82 Å². The lowest BCUT2D eigenvalue weighted by Gasteiger charge is -2.18. The maximum absolute atomic E-state index is 12.9. The Kier molecular flexibility index (Phi) is 7.05. The molecule has 0 radical (unpaired) electrons. The summed E-state index contributed by atoms with van der Waals surface area (Å²) in [5, 5.41) is 11.1. The summed E-state index contributed by atoms with van der Waals surface area (Å²) in [4.78, 5) is 23.7. The lowest BCUT2D eigenvalue weighted by atomic mass is 10.2. The topological polar surface area (TPSA) is 110 Å². The molecule has 0 aliphatic carbocycles. The molecule has 0 aliphatic heterocycles. The summed E-state index contributed by atoms with van der Waals surface area (Å²) in [6, 6.07) is 8.21. The summed E-state index contributed by atoms with van der Waals surface area (Å²) >= 11 is 6.01. The second kappa shape index (κ2) is 9.09. The smallest absolute Gasteiger partial charge is 0.269 e. The monoisotopic (exact) mass is 429 g/mol. The van der Waals surface area contributed by atoms with Gasteiger partial charge in [0, 0.05) is 43.7 Å². The molecule has 0 aromatic heterocycles. The fourth-order valence-electron chi connectivity index (χ4n) is 2.32. The zero-order valence-electron chi connectivity index (χ0n) is 14.8. The molecule has 0 bridgehead atoms. The van der Waals surface area contributed by atoms with Crippen molar-refractivity contribution in [2.75, 3.05) is 13.6 Å². The lowest BCUT2D eigenvalue weighted by molar-refractivity contribution is -0.384. The highest BCUT2D eigenvalue weighted by Gasteiger charge is 2.17. The number of nitrogens with zero attached hydrogens (tertiary/aromatic N) is 2. The van der Waals surface area contributed by atoms with Crippen LogP contribution in [-0.2, 0) is 21.4 Å². The number of sulfonamides is 1. The standard InChI is InChI=1S/C17H17ClFN3O5S/c1-21(11-12-10-14(22(24)25)4-7-16(12)18)17(23)8-9-20-28(26,27)15-5-2-13(19)3-6-15/h2-7,10,20H,8-9,11H2,1H3. The summed E-state index contributed by atoms with van der Waals surface area (Å²) in [5.41, 5.74) is 0.255. The molecule has 0 atom stereocenters. The number of nitrogens with one attached hydrogen (secondary N) is 1. The minimum absolute atomic E-state index is 0.0318. The Hall–Kier alpha value is -2.56. The van der Waals surface area contributed by atoms with Crippen LogP contribution >= 0.6 is 11.6 Å². The van der Waals surface area contributed by atoms with Gasteiger partial charge in [0.1, 0.15) is 5.82 Å². The molecular formula is C17H17ClFN3O5S. The Morgan fingerprint density at radius 3 is 2.50 bits per heavy atom. The van der Waals surface area contributed by atoms with Crippen LogP contribution in [-0.4, -0.2) is 37.7 Å². The van der Waals surface area contributed by atoms with Crippen molar-refractivity contribution in [2.45, 2.75) is 17.9 Å². The van der Waals surface area contributed by atoms with Gasteiger partial charge in [-0.1, -0.05) is 11.6 Å². The summed E-state index contributed by atoms with van der Waals surface area (Å²) in [6.45, 7) is -0.129. The first-order valence-electron chi connectivity index (χ1n) is 8.02. The minimum atomic E-state index is -3.86. The first-order chi connectivity index (χ1) is 13.1. The summed E-state index contributed by atoms with van der Waals surface area (Å²) in [5.74, 6) is -0.944. The molecule has 0 saturated heterocycles. The van der Waals surface area contributed by atoms with Crippen molar-refractivity contribution in [3.8, 4) is 0 Å².